The second-order valence-electron chi connectivity index (χ2n) is 6.38. The van der Waals surface area contributed by atoms with Gasteiger partial charge in [-0.2, -0.15) is 0 Å². The molecule has 1 saturated heterocycles. The number of hydrogen-bond donors (Lipinski definition) is 1. The highest BCUT2D eigenvalue weighted by Crippen LogP contribution is 2.28. The first-order chi connectivity index (χ1) is 10.8. The van der Waals surface area contributed by atoms with Gasteiger partial charge in [-0.3, -0.25) is 4.79 Å². The number of rotatable bonds is 6. The molecule has 0 aromatic heterocycles. The predicted molar refractivity (Wildman–Crippen MR) is 94.5 cm³/mol. The standard InChI is InChI=1S/C18H26N2O2.ClH/c1-2-22-17-5-3-4-15(12-17)18(21)20-10-8-16(9-11-20)19-13-14-6-7-14;/h3-5,12,14,16,19H,2,6-11,13H2,1H3;1H. The van der Waals surface area contributed by atoms with Crippen LogP contribution in [0.4, 0.5) is 0 Å². The minimum absolute atomic E-state index is 0. The highest BCUT2D eigenvalue weighted by molar-refractivity contribution is 5.94. The maximum absolute atomic E-state index is 12.6. The van der Waals surface area contributed by atoms with E-state index in [1.165, 1.54) is 12.8 Å². The van der Waals surface area contributed by atoms with Crippen LogP contribution >= 0.6 is 12.4 Å². The van der Waals surface area contributed by atoms with E-state index >= 15 is 0 Å². The number of hydrogen-bond acceptors (Lipinski definition) is 3. The van der Waals surface area contributed by atoms with Gasteiger partial charge in [-0.05, 0) is 63.3 Å². The Hall–Kier alpha value is -1.26. The summed E-state index contributed by atoms with van der Waals surface area (Å²) in [4.78, 5) is 14.6. The highest BCUT2D eigenvalue weighted by atomic mass is 35.5. The summed E-state index contributed by atoms with van der Waals surface area (Å²) < 4.78 is 5.48. The van der Waals surface area contributed by atoms with Crippen molar-refractivity contribution in [2.45, 2.75) is 38.6 Å². The van der Waals surface area contributed by atoms with Crippen molar-refractivity contribution >= 4 is 18.3 Å². The van der Waals surface area contributed by atoms with Crippen molar-refractivity contribution in [3.63, 3.8) is 0 Å². The molecule has 1 N–H and O–H groups in total. The zero-order valence-corrected chi connectivity index (χ0v) is 14.6. The van der Waals surface area contributed by atoms with Crippen molar-refractivity contribution in [3.05, 3.63) is 29.8 Å². The van der Waals surface area contributed by atoms with E-state index in [1.54, 1.807) is 0 Å². The number of carbonyl (C=O) groups is 1. The van der Waals surface area contributed by atoms with Gasteiger partial charge < -0.3 is 15.0 Å². The van der Waals surface area contributed by atoms with Gasteiger partial charge in [-0.1, -0.05) is 6.07 Å². The summed E-state index contributed by atoms with van der Waals surface area (Å²) in [5, 5.41) is 3.65. The normalized spacial score (nSPS) is 18.4. The largest absolute Gasteiger partial charge is 0.494 e. The van der Waals surface area contributed by atoms with Crippen molar-refractivity contribution in [1.82, 2.24) is 10.2 Å². The Bertz CT molecular complexity index is 511. The van der Waals surface area contributed by atoms with Crippen LogP contribution in [0.15, 0.2) is 24.3 Å². The third-order valence-corrected chi connectivity index (χ3v) is 4.57. The summed E-state index contributed by atoms with van der Waals surface area (Å²) in [7, 11) is 0. The Morgan fingerprint density at radius 1 is 1.26 bits per heavy atom. The van der Waals surface area contributed by atoms with Gasteiger partial charge in [0.05, 0.1) is 6.61 Å². The zero-order chi connectivity index (χ0) is 15.4. The van der Waals surface area contributed by atoms with Gasteiger partial charge >= 0.3 is 0 Å². The van der Waals surface area contributed by atoms with Gasteiger partial charge in [0, 0.05) is 24.7 Å². The maximum atomic E-state index is 12.6. The number of amides is 1. The minimum Gasteiger partial charge on any atom is -0.494 e. The molecule has 0 bridgehead atoms. The lowest BCUT2D eigenvalue weighted by Crippen LogP contribution is -2.45. The lowest BCUT2D eigenvalue weighted by atomic mass is 10.0. The van der Waals surface area contributed by atoms with E-state index in [0.29, 0.717) is 12.6 Å². The number of halogens is 1. The highest BCUT2D eigenvalue weighted by Gasteiger charge is 2.26. The molecule has 1 saturated carbocycles. The summed E-state index contributed by atoms with van der Waals surface area (Å²) in [6.07, 6.45) is 4.90. The van der Waals surface area contributed by atoms with Gasteiger partial charge in [-0.15, -0.1) is 12.4 Å². The zero-order valence-electron chi connectivity index (χ0n) is 13.8. The molecule has 1 heterocycles. The van der Waals surface area contributed by atoms with E-state index in [-0.39, 0.29) is 18.3 Å². The van der Waals surface area contributed by atoms with Gasteiger partial charge in [0.1, 0.15) is 5.75 Å². The summed E-state index contributed by atoms with van der Waals surface area (Å²) in [6, 6.07) is 8.10. The van der Waals surface area contributed by atoms with Crippen LogP contribution in [0.2, 0.25) is 0 Å². The van der Waals surface area contributed by atoms with Gasteiger partial charge in [0.15, 0.2) is 0 Å². The van der Waals surface area contributed by atoms with Gasteiger partial charge in [-0.25, -0.2) is 0 Å². The lowest BCUT2D eigenvalue weighted by molar-refractivity contribution is 0.0704. The third-order valence-electron chi connectivity index (χ3n) is 4.57. The molecule has 4 nitrogen and oxygen atoms in total. The Morgan fingerprint density at radius 3 is 2.65 bits per heavy atom. The van der Waals surface area contributed by atoms with Crippen LogP contribution in [0.3, 0.4) is 0 Å². The molecule has 3 rings (SSSR count). The summed E-state index contributed by atoms with van der Waals surface area (Å²) in [6.45, 7) is 5.43. The van der Waals surface area contributed by atoms with Crippen molar-refractivity contribution in [2.75, 3.05) is 26.2 Å². The number of nitrogens with zero attached hydrogens (tertiary/aromatic N) is 1. The smallest absolute Gasteiger partial charge is 0.253 e. The SMILES string of the molecule is CCOc1cccc(C(=O)N2CCC(NCC3CC3)CC2)c1.Cl. The number of ether oxygens (including phenoxy) is 1. The number of carbonyl (C=O) groups excluding carboxylic acids is 1. The first-order valence-electron chi connectivity index (χ1n) is 8.51. The molecule has 2 aliphatic rings. The van der Waals surface area contributed by atoms with Crippen LogP contribution in [-0.2, 0) is 0 Å². The molecular formula is C18H27ClN2O2. The van der Waals surface area contributed by atoms with Crippen LogP contribution in [0, 0.1) is 5.92 Å². The topological polar surface area (TPSA) is 41.6 Å². The molecular weight excluding hydrogens is 312 g/mol. The van der Waals surface area contributed by atoms with Crippen LogP contribution in [0.5, 0.6) is 5.75 Å². The van der Waals surface area contributed by atoms with E-state index in [2.05, 4.69) is 5.32 Å². The van der Waals surface area contributed by atoms with Crippen LogP contribution < -0.4 is 10.1 Å². The molecule has 1 aliphatic carbocycles. The second kappa shape index (κ2) is 8.55. The molecule has 0 atom stereocenters. The van der Waals surface area contributed by atoms with E-state index < -0.39 is 0 Å². The third kappa shape index (κ3) is 5.11. The Balaban J connectivity index is 0.00000192. The Kier molecular flexibility index (Phi) is 6.72. The van der Waals surface area contributed by atoms with Crippen molar-refractivity contribution in [2.24, 2.45) is 5.92 Å². The average molecular weight is 339 g/mol. The monoisotopic (exact) mass is 338 g/mol. The number of benzene rings is 1. The van der Waals surface area contributed by atoms with Crippen molar-refractivity contribution < 1.29 is 9.53 Å². The summed E-state index contributed by atoms with van der Waals surface area (Å²) in [5.41, 5.74) is 0.732. The fourth-order valence-electron chi connectivity index (χ4n) is 3.01. The molecule has 1 amide bonds. The fourth-order valence-corrected chi connectivity index (χ4v) is 3.01. The quantitative estimate of drug-likeness (QED) is 0.866. The summed E-state index contributed by atoms with van der Waals surface area (Å²) in [5.74, 6) is 1.82. The van der Waals surface area contributed by atoms with E-state index in [1.807, 2.05) is 36.1 Å². The molecule has 0 radical (unpaired) electrons. The van der Waals surface area contributed by atoms with Gasteiger partial charge in [0.25, 0.3) is 5.91 Å². The van der Waals surface area contributed by atoms with Gasteiger partial charge in [0.2, 0.25) is 0 Å². The molecule has 1 aliphatic heterocycles. The summed E-state index contributed by atoms with van der Waals surface area (Å²) >= 11 is 0. The first-order valence-corrected chi connectivity index (χ1v) is 8.51. The maximum Gasteiger partial charge on any atom is 0.253 e. The molecule has 23 heavy (non-hydrogen) atoms. The first kappa shape index (κ1) is 18.1. The van der Waals surface area contributed by atoms with E-state index in [4.69, 9.17) is 4.74 Å². The van der Waals surface area contributed by atoms with Crippen LogP contribution in [0.25, 0.3) is 0 Å². The van der Waals surface area contributed by atoms with Crippen LogP contribution in [0.1, 0.15) is 43.0 Å². The fraction of sp³-hybridized carbons (Fsp3) is 0.611. The second-order valence-corrected chi connectivity index (χ2v) is 6.38. The number of piperidine rings is 1. The molecule has 1 aromatic rings. The van der Waals surface area contributed by atoms with E-state index in [0.717, 1.165) is 49.7 Å². The number of nitrogens with one attached hydrogen (secondary N) is 1. The molecule has 5 heteroatoms. The average Bonchev–Trinajstić information content (AvgIpc) is 3.38. The lowest BCUT2D eigenvalue weighted by Gasteiger charge is -2.32. The Labute approximate surface area is 145 Å². The van der Waals surface area contributed by atoms with Crippen molar-refractivity contribution in [3.8, 4) is 5.75 Å². The molecule has 1 aromatic carbocycles. The molecule has 2 fully saturated rings. The number of likely N-dealkylation sites (tertiary alicyclic amines) is 1. The Morgan fingerprint density at radius 2 is 2.00 bits per heavy atom. The van der Waals surface area contributed by atoms with E-state index in [9.17, 15) is 4.79 Å². The molecule has 0 spiro atoms. The predicted octanol–water partition coefficient (Wildman–Crippen LogP) is 3.11. The van der Waals surface area contributed by atoms with Crippen molar-refractivity contribution in [1.29, 1.82) is 0 Å². The van der Waals surface area contributed by atoms with Crippen LogP contribution in [-0.4, -0.2) is 43.1 Å². The minimum atomic E-state index is 0. The molecule has 0 unspecified atom stereocenters. The molecule has 128 valence electrons.